The lowest BCUT2D eigenvalue weighted by atomic mass is 10.1. The monoisotopic (exact) mass is 332 g/mol. The molecule has 0 radical (unpaired) electrons. The maximum absolute atomic E-state index is 12.7. The number of aromatic nitrogens is 1. The van der Waals surface area contributed by atoms with Crippen molar-refractivity contribution < 1.29 is 9.53 Å². The van der Waals surface area contributed by atoms with Crippen LogP contribution in [-0.4, -0.2) is 74.2 Å². The van der Waals surface area contributed by atoms with Crippen LogP contribution in [0.1, 0.15) is 30.9 Å². The molecule has 1 aromatic heterocycles. The fraction of sp³-hybridized carbons (Fsp3) is 0.667. The summed E-state index contributed by atoms with van der Waals surface area (Å²) < 4.78 is 5.36. The largest absolute Gasteiger partial charge is 0.379 e. The topological polar surface area (TPSA) is 48.9 Å². The molecular weight excluding hydrogens is 304 g/mol. The minimum absolute atomic E-state index is 0.198. The van der Waals surface area contributed by atoms with Crippen LogP contribution < -0.4 is 4.90 Å². The highest BCUT2D eigenvalue weighted by Crippen LogP contribution is 2.33. The molecule has 0 aliphatic carbocycles. The zero-order valence-corrected chi connectivity index (χ0v) is 14.8. The van der Waals surface area contributed by atoms with Crippen molar-refractivity contribution in [1.29, 1.82) is 0 Å². The van der Waals surface area contributed by atoms with Crippen LogP contribution in [0.3, 0.4) is 0 Å². The summed E-state index contributed by atoms with van der Waals surface area (Å²) in [7, 11) is 3.98. The second kappa shape index (κ2) is 7.94. The van der Waals surface area contributed by atoms with E-state index in [2.05, 4.69) is 20.9 Å². The van der Waals surface area contributed by atoms with Crippen molar-refractivity contribution in [2.75, 3.05) is 58.4 Å². The van der Waals surface area contributed by atoms with Gasteiger partial charge < -0.3 is 14.5 Å². The standard InChI is InChI=1S/C18H28N4O2/c1-20(2)17-14-15(5-7-19-17)16-4-3-8-22(16)18(23)6-9-21-10-12-24-13-11-21/h5,7,14,16H,3-4,6,8-13H2,1-2H3/t16-/m0/s1. The second-order valence-corrected chi connectivity index (χ2v) is 6.79. The Morgan fingerprint density at radius 1 is 1.33 bits per heavy atom. The number of likely N-dealkylation sites (tertiary alicyclic amines) is 1. The van der Waals surface area contributed by atoms with Crippen molar-refractivity contribution in [1.82, 2.24) is 14.8 Å². The summed E-state index contributed by atoms with van der Waals surface area (Å²) in [6.45, 7) is 5.15. The van der Waals surface area contributed by atoms with E-state index in [0.717, 1.165) is 58.1 Å². The fourth-order valence-corrected chi connectivity index (χ4v) is 3.52. The number of rotatable bonds is 5. The molecule has 0 bridgehead atoms. The van der Waals surface area contributed by atoms with Crippen LogP contribution in [0.2, 0.25) is 0 Å². The molecule has 0 N–H and O–H groups in total. The summed E-state index contributed by atoms with van der Waals surface area (Å²) in [6, 6.07) is 4.35. The summed E-state index contributed by atoms with van der Waals surface area (Å²) in [6.07, 6.45) is 4.56. The van der Waals surface area contributed by atoms with Gasteiger partial charge in [0.1, 0.15) is 5.82 Å². The van der Waals surface area contributed by atoms with Gasteiger partial charge in [0.15, 0.2) is 0 Å². The smallest absolute Gasteiger partial charge is 0.224 e. The first-order chi connectivity index (χ1) is 11.6. The van der Waals surface area contributed by atoms with Crippen LogP contribution in [0.15, 0.2) is 18.3 Å². The number of carbonyl (C=O) groups excluding carboxylic acids is 1. The van der Waals surface area contributed by atoms with Gasteiger partial charge in [0.2, 0.25) is 5.91 Å². The molecule has 3 rings (SSSR count). The zero-order chi connectivity index (χ0) is 16.9. The third kappa shape index (κ3) is 4.05. The number of anilines is 1. The highest BCUT2D eigenvalue weighted by Gasteiger charge is 2.30. The maximum Gasteiger partial charge on any atom is 0.224 e. The summed E-state index contributed by atoms with van der Waals surface area (Å²) in [5.74, 6) is 1.22. The minimum Gasteiger partial charge on any atom is -0.379 e. The Bertz CT molecular complexity index is 558. The molecule has 0 unspecified atom stereocenters. The van der Waals surface area contributed by atoms with Crippen LogP contribution >= 0.6 is 0 Å². The SMILES string of the molecule is CN(C)c1cc([C@@H]2CCCN2C(=O)CCN2CCOCC2)ccn1. The van der Waals surface area contributed by atoms with E-state index in [1.165, 1.54) is 5.56 Å². The second-order valence-electron chi connectivity index (χ2n) is 6.79. The van der Waals surface area contributed by atoms with E-state index in [4.69, 9.17) is 4.74 Å². The average molecular weight is 332 g/mol. The molecule has 6 heteroatoms. The quantitative estimate of drug-likeness (QED) is 0.818. The first-order valence-electron chi connectivity index (χ1n) is 8.88. The molecule has 132 valence electrons. The molecule has 0 saturated carbocycles. The minimum atomic E-state index is 0.198. The third-order valence-corrected chi connectivity index (χ3v) is 4.93. The lowest BCUT2D eigenvalue weighted by Gasteiger charge is -2.29. The molecule has 0 spiro atoms. The molecule has 1 amide bonds. The number of ether oxygens (including phenoxy) is 1. The van der Waals surface area contributed by atoms with Gasteiger partial charge in [-0.05, 0) is 30.5 Å². The Morgan fingerprint density at radius 3 is 2.88 bits per heavy atom. The summed E-state index contributed by atoms with van der Waals surface area (Å²) in [4.78, 5) is 23.5. The molecule has 2 fully saturated rings. The predicted molar refractivity (Wildman–Crippen MR) is 94.1 cm³/mol. The molecule has 1 aromatic rings. The average Bonchev–Trinajstić information content (AvgIpc) is 3.10. The number of carbonyl (C=O) groups is 1. The third-order valence-electron chi connectivity index (χ3n) is 4.93. The number of pyridine rings is 1. The van der Waals surface area contributed by atoms with Crippen LogP contribution in [0.25, 0.3) is 0 Å². The Kier molecular flexibility index (Phi) is 5.68. The summed E-state index contributed by atoms with van der Waals surface area (Å²) >= 11 is 0. The Balaban J connectivity index is 1.62. The maximum atomic E-state index is 12.7. The van der Waals surface area contributed by atoms with Gasteiger partial charge in [0.25, 0.3) is 0 Å². The summed E-state index contributed by atoms with van der Waals surface area (Å²) in [5, 5.41) is 0. The van der Waals surface area contributed by atoms with Crippen molar-refractivity contribution in [3.05, 3.63) is 23.9 Å². The summed E-state index contributed by atoms with van der Waals surface area (Å²) in [5.41, 5.74) is 1.20. The van der Waals surface area contributed by atoms with Crippen molar-refractivity contribution in [3.8, 4) is 0 Å². The molecule has 3 heterocycles. The molecule has 2 saturated heterocycles. The van der Waals surface area contributed by atoms with Gasteiger partial charge in [0.05, 0.1) is 19.3 Å². The number of hydrogen-bond acceptors (Lipinski definition) is 5. The van der Waals surface area contributed by atoms with Gasteiger partial charge in [-0.3, -0.25) is 9.69 Å². The van der Waals surface area contributed by atoms with Crippen molar-refractivity contribution in [2.24, 2.45) is 0 Å². The van der Waals surface area contributed by atoms with Gasteiger partial charge in [-0.15, -0.1) is 0 Å². The lowest BCUT2D eigenvalue weighted by molar-refractivity contribution is -0.132. The number of amides is 1. The van der Waals surface area contributed by atoms with E-state index >= 15 is 0 Å². The Morgan fingerprint density at radius 2 is 2.12 bits per heavy atom. The van der Waals surface area contributed by atoms with E-state index in [9.17, 15) is 4.79 Å². The Labute approximate surface area is 144 Å². The lowest BCUT2D eigenvalue weighted by Crippen LogP contribution is -2.39. The normalized spacial score (nSPS) is 21.9. The van der Waals surface area contributed by atoms with Gasteiger partial charge in [-0.25, -0.2) is 4.98 Å². The first kappa shape index (κ1) is 17.2. The number of hydrogen-bond donors (Lipinski definition) is 0. The van der Waals surface area contributed by atoms with Gasteiger partial charge in [0, 0.05) is 52.9 Å². The molecule has 0 aromatic carbocycles. The van der Waals surface area contributed by atoms with Gasteiger partial charge in [-0.2, -0.15) is 0 Å². The van der Waals surface area contributed by atoms with Crippen LogP contribution in [0.4, 0.5) is 5.82 Å². The van der Waals surface area contributed by atoms with Crippen molar-refractivity contribution >= 4 is 11.7 Å². The number of nitrogens with zero attached hydrogens (tertiary/aromatic N) is 4. The van der Waals surface area contributed by atoms with Crippen LogP contribution in [-0.2, 0) is 9.53 Å². The molecule has 2 aliphatic rings. The Hall–Kier alpha value is -1.66. The molecular formula is C18H28N4O2. The highest BCUT2D eigenvalue weighted by molar-refractivity contribution is 5.77. The van der Waals surface area contributed by atoms with E-state index in [1.807, 2.05) is 31.3 Å². The van der Waals surface area contributed by atoms with E-state index in [0.29, 0.717) is 6.42 Å². The predicted octanol–water partition coefficient (Wildman–Crippen LogP) is 1.53. The van der Waals surface area contributed by atoms with Crippen LogP contribution in [0, 0.1) is 0 Å². The van der Waals surface area contributed by atoms with Gasteiger partial charge in [-0.1, -0.05) is 0 Å². The molecule has 2 aliphatic heterocycles. The van der Waals surface area contributed by atoms with E-state index < -0.39 is 0 Å². The highest BCUT2D eigenvalue weighted by atomic mass is 16.5. The molecule has 24 heavy (non-hydrogen) atoms. The molecule has 6 nitrogen and oxygen atoms in total. The fourth-order valence-electron chi connectivity index (χ4n) is 3.52. The van der Waals surface area contributed by atoms with Crippen LogP contribution in [0.5, 0.6) is 0 Å². The van der Waals surface area contributed by atoms with Gasteiger partial charge >= 0.3 is 0 Å². The van der Waals surface area contributed by atoms with Crippen molar-refractivity contribution in [3.63, 3.8) is 0 Å². The first-order valence-corrected chi connectivity index (χ1v) is 8.88. The zero-order valence-electron chi connectivity index (χ0n) is 14.8. The number of morpholine rings is 1. The van der Waals surface area contributed by atoms with E-state index in [-0.39, 0.29) is 11.9 Å². The molecule has 1 atom stereocenters. The van der Waals surface area contributed by atoms with E-state index in [1.54, 1.807) is 0 Å². The van der Waals surface area contributed by atoms with Crippen molar-refractivity contribution in [2.45, 2.75) is 25.3 Å².